The Kier molecular flexibility index (Phi) is 8.36. The minimum atomic E-state index is -1.32. The molecule has 4 N–H and O–H groups in total. The first-order valence-corrected chi connectivity index (χ1v) is 16.0. The van der Waals surface area contributed by atoms with Crippen molar-refractivity contribution < 1.29 is 9.90 Å². The maximum absolute atomic E-state index is 11.4. The quantitative estimate of drug-likeness (QED) is 0.165. The molecule has 2 atom stereocenters. The van der Waals surface area contributed by atoms with Crippen molar-refractivity contribution in [3.8, 4) is 0 Å². The number of nitrogens with one attached hydrogen (secondary N) is 3. The lowest BCUT2D eigenvalue weighted by Gasteiger charge is -2.38. The van der Waals surface area contributed by atoms with E-state index < -0.39 is 6.09 Å². The molecule has 228 valence electrons. The van der Waals surface area contributed by atoms with Crippen LogP contribution in [0.1, 0.15) is 95.5 Å². The molecule has 10 heteroatoms. The number of carboxylic acid groups (broad SMARTS) is 1. The van der Waals surface area contributed by atoms with Crippen molar-refractivity contribution >= 4 is 40.6 Å². The summed E-state index contributed by atoms with van der Waals surface area (Å²) < 4.78 is 2.20. The van der Waals surface area contributed by atoms with Crippen LogP contribution < -0.4 is 15.5 Å². The van der Waals surface area contributed by atoms with E-state index in [4.69, 9.17) is 22.0 Å². The third-order valence-electron chi connectivity index (χ3n) is 9.89. The summed E-state index contributed by atoms with van der Waals surface area (Å²) in [5.74, 6) is 2.58. The smallest absolute Gasteiger partial charge is 0.410 e. The number of carbonyl (C=O) groups is 1. The fraction of sp³-hybridized carbons (Fsp3) is 0.545. The molecule has 2 aliphatic carbocycles. The summed E-state index contributed by atoms with van der Waals surface area (Å²) in [5, 5.41) is 23.5. The molecule has 3 heterocycles. The number of piperidine rings is 1. The molecule has 1 aliphatic heterocycles. The van der Waals surface area contributed by atoms with E-state index in [0.29, 0.717) is 29.2 Å². The molecule has 3 aliphatic rings. The number of imidazole rings is 1. The largest absolute Gasteiger partial charge is 0.465 e. The van der Waals surface area contributed by atoms with Crippen LogP contribution >= 0.6 is 0 Å². The van der Waals surface area contributed by atoms with Crippen LogP contribution in [0.25, 0.3) is 16.9 Å². The summed E-state index contributed by atoms with van der Waals surface area (Å²) in [7, 11) is 0. The van der Waals surface area contributed by atoms with E-state index in [-0.39, 0.29) is 23.7 Å². The van der Waals surface area contributed by atoms with Gasteiger partial charge in [0.2, 0.25) is 5.95 Å². The number of aromatic nitrogens is 4. The van der Waals surface area contributed by atoms with Crippen LogP contribution in [0.3, 0.4) is 0 Å². The molecule has 2 aromatic heterocycles. The molecule has 0 spiro atoms. The summed E-state index contributed by atoms with van der Waals surface area (Å²) in [4.78, 5) is 28.4. The lowest BCUT2D eigenvalue weighted by Crippen LogP contribution is -2.36. The number of hydrogen-bond acceptors (Lipinski definition) is 7. The standard InChI is InChI=1S/C33H44N8O2/c1-20-15-17-24(18-16-20)22(3)41-27-29(35-21(2)23-12-9-13-23)37-31(28(34)36-33(42)43)38-30(27)39-32(41)40-19-8-7-14-26(40)25-10-5-4-6-11-25/h4-6,10-11,20-21,23-24,26H,3,7-9,12-19H2,1-2H3,(H2,34,36)(H,42,43)(H,35,37,38)/t20-,21-,24-,26-/m1/s1. The van der Waals surface area contributed by atoms with Gasteiger partial charge in [-0.05, 0) is 75.2 Å². The summed E-state index contributed by atoms with van der Waals surface area (Å²) in [6.45, 7) is 10.1. The van der Waals surface area contributed by atoms with Crippen LogP contribution in [-0.2, 0) is 0 Å². The van der Waals surface area contributed by atoms with Crippen LogP contribution in [0, 0.1) is 23.2 Å². The monoisotopic (exact) mass is 584 g/mol. The molecular formula is C33H44N8O2. The van der Waals surface area contributed by atoms with Crippen molar-refractivity contribution in [1.82, 2.24) is 24.8 Å². The highest BCUT2D eigenvalue weighted by molar-refractivity contribution is 6.03. The number of amides is 1. The Morgan fingerprint density at radius 2 is 1.77 bits per heavy atom. The molecule has 1 amide bonds. The van der Waals surface area contributed by atoms with Crippen molar-refractivity contribution in [3.05, 3.63) is 48.3 Å². The minimum absolute atomic E-state index is 0.00441. The molecule has 0 unspecified atom stereocenters. The molecule has 0 radical (unpaired) electrons. The Bertz CT molecular complexity index is 1490. The minimum Gasteiger partial charge on any atom is -0.465 e. The number of allylic oxidation sites excluding steroid dienone is 1. The molecule has 1 aromatic carbocycles. The number of anilines is 2. The first-order chi connectivity index (χ1) is 20.8. The highest BCUT2D eigenvalue weighted by atomic mass is 16.4. The van der Waals surface area contributed by atoms with Gasteiger partial charge >= 0.3 is 6.09 Å². The number of amidine groups is 1. The molecule has 10 nitrogen and oxygen atoms in total. The third kappa shape index (κ3) is 5.96. The van der Waals surface area contributed by atoms with Crippen molar-refractivity contribution in [3.63, 3.8) is 0 Å². The van der Waals surface area contributed by atoms with Gasteiger partial charge in [0, 0.05) is 18.3 Å². The van der Waals surface area contributed by atoms with Gasteiger partial charge in [0.05, 0.1) is 6.04 Å². The Morgan fingerprint density at radius 3 is 2.44 bits per heavy atom. The Balaban J connectivity index is 1.52. The highest BCUT2D eigenvalue weighted by Gasteiger charge is 2.34. The van der Waals surface area contributed by atoms with Gasteiger partial charge in [-0.25, -0.2) is 14.8 Å². The molecule has 3 aromatic rings. The predicted octanol–water partition coefficient (Wildman–Crippen LogP) is 7.05. The third-order valence-corrected chi connectivity index (χ3v) is 9.89. The second kappa shape index (κ2) is 12.3. The summed E-state index contributed by atoms with van der Waals surface area (Å²) in [6, 6.07) is 10.9. The van der Waals surface area contributed by atoms with Gasteiger partial charge in [-0.1, -0.05) is 63.1 Å². The van der Waals surface area contributed by atoms with Crippen LogP contribution in [0.5, 0.6) is 0 Å². The average molecular weight is 585 g/mol. The molecule has 6 rings (SSSR count). The molecular weight excluding hydrogens is 540 g/mol. The Hall–Kier alpha value is -3.95. The Labute approximate surface area is 253 Å². The van der Waals surface area contributed by atoms with E-state index in [1.165, 1.54) is 24.8 Å². The zero-order valence-corrected chi connectivity index (χ0v) is 25.4. The Morgan fingerprint density at radius 1 is 1.02 bits per heavy atom. The van der Waals surface area contributed by atoms with Gasteiger partial charge < -0.3 is 15.3 Å². The zero-order valence-electron chi connectivity index (χ0n) is 25.4. The van der Waals surface area contributed by atoms with E-state index in [9.17, 15) is 9.90 Å². The van der Waals surface area contributed by atoms with Crippen molar-refractivity contribution in [1.29, 1.82) is 5.41 Å². The maximum Gasteiger partial charge on any atom is 0.410 e. The van der Waals surface area contributed by atoms with E-state index >= 15 is 0 Å². The van der Waals surface area contributed by atoms with Gasteiger partial charge in [-0.2, -0.15) is 4.98 Å². The number of fused-ring (bicyclic) bond motifs is 1. The average Bonchev–Trinajstić information content (AvgIpc) is 3.36. The maximum atomic E-state index is 11.4. The SMILES string of the molecule is C=C([C@H]1CC[C@H](C)CC1)n1c(N2CCCC[C@@H]2c2ccccc2)nc2nc(C(=N)NC(=O)O)nc(N[C@H](C)C3CCC3)c21. The number of nitrogens with zero attached hydrogens (tertiary/aromatic N) is 5. The lowest BCUT2D eigenvalue weighted by molar-refractivity contribution is 0.200. The van der Waals surface area contributed by atoms with Gasteiger partial charge in [0.15, 0.2) is 23.1 Å². The summed E-state index contributed by atoms with van der Waals surface area (Å²) in [6.07, 6.45) is 9.96. The van der Waals surface area contributed by atoms with Gasteiger partial charge in [-0.3, -0.25) is 15.3 Å². The first-order valence-electron chi connectivity index (χ1n) is 16.0. The molecule has 43 heavy (non-hydrogen) atoms. The normalized spacial score (nSPS) is 23.4. The van der Waals surface area contributed by atoms with E-state index in [1.54, 1.807) is 0 Å². The highest BCUT2D eigenvalue weighted by Crippen LogP contribution is 2.43. The molecule has 3 fully saturated rings. The second-order valence-corrected chi connectivity index (χ2v) is 12.8. The van der Waals surface area contributed by atoms with Gasteiger partial charge in [-0.15, -0.1) is 0 Å². The number of rotatable bonds is 8. The topological polar surface area (TPSA) is 132 Å². The fourth-order valence-electron chi connectivity index (χ4n) is 7.05. The van der Waals surface area contributed by atoms with E-state index in [1.807, 2.05) is 0 Å². The number of hydrogen-bond donors (Lipinski definition) is 4. The molecule has 0 bridgehead atoms. The second-order valence-electron chi connectivity index (χ2n) is 12.8. The van der Waals surface area contributed by atoms with Crippen molar-refractivity contribution in [2.24, 2.45) is 17.8 Å². The molecule has 2 saturated carbocycles. The lowest BCUT2D eigenvalue weighted by atomic mass is 9.80. The summed E-state index contributed by atoms with van der Waals surface area (Å²) in [5.41, 5.74) is 3.47. The van der Waals surface area contributed by atoms with Crippen molar-refractivity contribution in [2.45, 2.75) is 90.1 Å². The van der Waals surface area contributed by atoms with E-state index in [2.05, 4.69) is 69.3 Å². The van der Waals surface area contributed by atoms with Gasteiger partial charge in [0.1, 0.15) is 5.52 Å². The van der Waals surface area contributed by atoms with E-state index in [0.717, 1.165) is 68.7 Å². The van der Waals surface area contributed by atoms with Gasteiger partial charge in [0.25, 0.3) is 0 Å². The summed E-state index contributed by atoms with van der Waals surface area (Å²) >= 11 is 0. The van der Waals surface area contributed by atoms with Crippen LogP contribution in [0.2, 0.25) is 0 Å². The van der Waals surface area contributed by atoms with Crippen LogP contribution in [0.4, 0.5) is 16.6 Å². The first kappa shape index (κ1) is 29.1. The van der Waals surface area contributed by atoms with Crippen LogP contribution in [0.15, 0.2) is 36.9 Å². The van der Waals surface area contributed by atoms with Crippen molar-refractivity contribution in [2.75, 3.05) is 16.8 Å². The number of benzene rings is 1. The van der Waals surface area contributed by atoms with Crippen LogP contribution in [-0.4, -0.2) is 49.1 Å². The fourth-order valence-corrected chi connectivity index (χ4v) is 7.05. The predicted molar refractivity (Wildman–Crippen MR) is 171 cm³/mol. The molecule has 1 saturated heterocycles. The zero-order chi connectivity index (χ0) is 30.1.